The molecule has 42 heavy (non-hydrogen) atoms. The number of piperidine rings is 1. The van der Waals surface area contributed by atoms with Crippen LogP contribution in [-0.2, 0) is 29.1 Å². The molecule has 11 nitrogen and oxygen atoms in total. The fraction of sp³-hybridized carbons (Fsp3) is 0.607. The molecule has 0 spiro atoms. The largest absolute Gasteiger partial charge is 0.465 e. The van der Waals surface area contributed by atoms with Gasteiger partial charge in [0.1, 0.15) is 16.9 Å². The van der Waals surface area contributed by atoms with Crippen molar-refractivity contribution < 1.29 is 27.5 Å². The number of piperazine rings is 1. The molecule has 0 bridgehead atoms. The number of sulfonamides is 1. The van der Waals surface area contributed by atoms with Gasteiger partial charge in [-0.1, -0.05) is 11.6 Å². The number of likely N-dealkylation sites (tertiary alicyclic amines) is 2. The Balaban J connectivity index is 1.13. The number of halogens is 1. The molecule has 230 valence electrons. The highest BCUT2D eigenvalue weighted by Gasteiger charge is 2.37. The van der Waals surface area contributed by atoms with Crippen LogP contribution >= 0.6 is 22.9 Å². The van der Waals surface area contributed by atoms with Crippen LogP contribution in [0.2, 0.25) is 5.02 Å². The van der Waals surface area contributed by atoms with Crippen LogP contribution in [0.15, 0.2) is 28.5 Å². The zero-order valence-electron chi connectivity index (χ0n) is 23.8. The monoisotopic (exact) mass is 639 g/mol. The van der Waals surface area contributed by atoms with Crippen LogP contribution in [-0.4, -0.2) is 123 Å². The summed E-state index contributed by atoms with van der Waals surface area (Å²) < 4.78 is 34.9. The minimum atomic E-state index is -3.92. The third-order valence-corrected chi connectivity index (χ3v) is 11.5. The van der Waals surface area contributed by atoms with Crippen LogP contribution in [0.5, 0.6) is 0 Å². The number of hydrogen-bond donors (Lipinski definition) is 1. The van der Waals surface area contributed by atoms with Crippen molar-refractivity contribution in [2.45, 2.75) is 48.9 Å². The summed E-state index contributed by atoms with van der Waals surface area (Å²) in [5.41, 5.74) is 0. The summed E-state index contributed by atoms with van der Waals surface area (Å²) in [5.74, 6) is -0.709. The number of fused-ring (bicyclic) bond motifs is 1. The van der Waals surface area contributed by atoms with Crippen molar-refractivity contribution in [1.82, 2.24) is 24.3 Å². The molecule has 1 N–H and O–H groups in total. The summed E-state index contributed by atoms with van der Waals surface area (Å²) in [5, 5.41) is 1.26. The van der Waals surface area contributed by atoms with Gasteiger partial charge in [0.2, 0.25) is 11.8 Å². The van der Waals surface area contributed by atoms with Gasteiger partial charge < -0.3 is 14.5 Å². The number of thiophene rings is 1. The fourth-order valence-corrected chi connectivity index (χ4v) is 8.79. The SMILES string of the molecule is CC(=O)OCCN1CCN(CC2CCCN2C(=O)CN2CCCC(NS(=O)(=O)c3cc4cc(Cl)ccc4s3)C2=O)CC1. The fourth-order valence-electron chi connectivity index (χ4n) is 5.99. The Labute approximate surface area is 255 Å². The lowest BCUT2D eigenvalue weighted by molar-refractivity contribution is -0.143. The van der Waals surface area contributed by atoms with Crippen LogP contribution in [0.4, 0.5) is 0 Å². The summed E-state index contributed by atoms with van der Waals surface area (Å²) in [7, 11) is -3.92. The van der Waals surface area contributed by atoms with Crippen LogP contribution in [0.1, 0.15) is 32.6 Å². The summed E-state index contributed by atoms with van der Waals surface area (Å²) >= 11 is 7.18. The molecule has 3 aliphatic rings. The molecular weight excluding hydrogens is 602 g/mol. The summed E-state index contributed by atoms with van der Waals surface area (Å²) in [4.78, 5) is 45.7. The first-order valence-corrected chi connectivity index (χ1v) is 17.1. The first-order valence-electron chi connectivity index (χ1n) is 14.5. The third-order valence-electron chi connectivity index (χ3n) is 8.22. The van der Waals surface area contributed by atoms with E-state index in [4.69, 9.17) is 16.3 Å². The second-order valence-electron chi connectivity index (χ2n) is 11.2. The number of benzene rings is 1. The first-order chi connectivity index (χ1) is 20.1. The van der Waals surface area contributed by atoms with E-state index >= 15 is 0 Å². The zero-order chi connectivity index (χ0) is 29.9. The van der Waals surface area contributed by atoms with Gasteiger partial charge in [-0.3, -0.25) is 24.2 Å². The van der Waals surface area contributed by atoms with Gasteiger partial charge in [-0.2, -0.15) is 4.72 Å². The van der Waals surface area contributed by atoms with Gasteiger partial charge >= 0.3 is 5.97 Å². The Kier molecular flexibility index (Phi) is 10.1. The van der Waals surface area contributed by atoms with E-state index in [0.29, 0.717) is 37.6 Å². The number of nitrogens with one attached hydrogen (secondary N) is 1. The molecule has 0 aliphatic carbocycles. The molecule has 3 saturated heterocycles. The molecule has 5 rings (SSSR count). The van der Waals surface area contributed by atoms with Gasteiger partial charge in [-0.05, 0) is 55.3 Å². The molecule has 0 radical (unpaired) electrons. The molecule has 3 fully saturated rings. The van der Waals surface area contributed by atoms with Crippen molar-refractivity contribution in [1.29, 1.82) is 0 Å². The van der Waals surface area contributed by atoms with E-state index in [1.54, 1.807) is 24.3 Å². The Morgan fingerprint density at radius 1 is 1.05 bits per heavy atom. The van der Waals surface area contributed by atoms with E-state index in [0.717, 1.165) is 73.5 Å². The van der Waals surface area contributed by atoms with E-state index in [9.17, 15) is 22.8 Å². The number of esters is 1. The Morgan fingerprint density at radius 2 is 1.79 bits per heavy atom. The molecule has 14 heteroatoms. The van der Waals surface area contributed by atoms with Crippen LogP contribution < -0.4 is 4.72 Å². The highest BCUT2D eigenvalue weighted by atomic mass is 35.5. The second-order valence-corrected chi connectivity index (χ2v) is 14.6. The van der Waals surface area contributed by atoms with Crippen LogP contribution in [0, 0.1) is 0 Å². The standard InChI is InChI=1S/C28H38ClN5O6S2/c1-20(35)40-15-14-31-10-12-32(13-11-31)18-23-4-2-9-34(23)26(36)19-33-8-3-5-24(28(33)37)30-42(38,39)27-17-21-16-22(29)6-7-25(21)41-27/h6-7,16-17,23-24,30H,2-5,8-15,18-19H2,1H3. The quantitative estimate of drug-likeness (QED) is 0.392. The Morgan fingerprint density at radius 3 is 2.55 bits per heavy atom. The normalized spacial score (nSPS) is 22.7. The maximum atomic E-state index is 13.4. The average Bonchev–Trinajstić information content (AvgIpc) is 3.59. The summed E-state index contributed by atoms with van der Waals surface area (Å²) in [6, 6.07) is 5.97. The molecule has 2 unspecified atom stereocenters. The van der Waals surface area contributed by atoms with Crippen LogP contribution in [0.25, 0.3) is 10.1 Å². The topological polar surface area (TPSA) is 120 Å². The number of amides is 2. The summed E-state index contributed by atoms with van der Waals surface area (Å²) in [6.45, 7) is 7.93. The van der Waals surface area contributed by atoms with Crippen molar-refractivity contribution in [3.63, 3.8) is 0 Å². The average molecular weight is 640 g/mol. The number of nitrogens with zero attached hydrogens (tertiary/aromatic N) is 4. The van der Waals surface area contributed by atoms with Crippen molar-refractivity contribution in [2.75, 3.05) is 65.5 Å². The summed E-state index contributed by atoms with van der Waals surface area (Å²) in [6.07, 6.45) is 2.85. The highest BCUT2D eigenvalue weighted by molar-refractivity contribution is 7.91. The molecular formula is C28H38ClN5O6S2. The van der Waals surface area contributed by atoms with Gasteiger partial charge in [0, 0.05) is 75.0 Å². The number of carbonyl (C=O) groups is 3. The number of hydrogen-bond acceptors (Lipinski definition) is 9. The molecule has 2 aromatic rings. The van der Waals surface area contributed by atoms with Crippen molar-refractivity contribution in [2.24, 2.45) is 0 Å². The second kappa shape index (κ2) is 13.6. The van der Waals surface area contributed by atoms with Gasteiger partial charge in [0.05, 0.1) is 6.54 Å². The lowest BCUT2D eigenvalue weighted by atomic mass is 10.1. The maximum absolute atomic E-state index is 13.4. The molecule has 2 amide bonds. The minimum Gasteiger partial charge on any atom is -0.465 e. The van der Waals surface area contributed by atoms with E-state index in [-0.39, 0.29) is 34.6 Å². The predicted molar refractivity (Wildman–Crippen MR) is 161 cm³/mol. The molecule has 2 atom stereocenters. The molecule has 4 heterocycles. The molecule has 1 aromatic carbocycles. The van der Waals surface area contributed by atoms with Crippen molar-refractivity contribution in [3.8, 4) is 0 Å². The van der Waals surface area contributed by atoms with Gasteiger partial charge in [-0.15, -0.1) is 11.3 Å². The number of rotatable bonds is 10. The maximum Gasteiger partial charge on any atom is 0.302 e. The van der Waals surface area contributed by atoms with Crippen molar-refractivity contribution >= 4 is 60.8 Å². The predicted octanol–water partition coefficient (Wildman–Crippen LogP) is 2.00. The Bertz CT molecular complexity index is 1410. The number of ether oxygens (including phenoxy) is 1. The Hall–Kier alpha value is -2.29. The van der Waals surface area contributed by atoms with Crippen LogP contribution in [0.3, 0.4) is 0 Å². The molecule has 3 aliphatic heterocycles. The van der Waals surface area contributed by atoms with Crippen molar-refractivity contribution in [3.05, 3.63) is 29.3 Å². The van der Waals surface area contributed by atoms with E-state index in [1.807, 2.05) is 4.90 Å². The van der Waals surface area contributed by atoms with E-state index < -0.39 is 16.1 Å². The molecule has 1 aromatic heterocycles. The lowest BCUT2D eigenvalue weighted by Crippen LogP contribution is -2.56. The first kappa shape index (κ1) is 31.1. The third kappa shape index (κ3) is 7.61. The zero-order valence-corrected chi connectivity index (χ0v) is 26.2. The van der Waals surface area contributed by atoms with Gasteiger partial charge in [0.25, 0.3) is 10.0 Å². The van der Waals surface area contributed by atoms with E-state index in [2.05, 4.69) is 14.5 Å². The van der Waals surface area contributed by atoms with Gasteiger partial charge in [0.15, 0.2) is 0 Å². The smallest absolute Gasteiger partial charge is 0.302 e. The minimum absolute atomic E-state index is 0.0428. The van der Waals surface area contributed by atoms with Gasteiger partial charge in [-0.25, -0.2) is 8.42 Å². The molecule has 0 saturated carbocycles. The number of carbonyl (C=O) groups excluding carboxylic acids is 3. The highest BCUT2D eigenvalue weighted by Crippen LogP contribution is 2.31. The lowest BCUT2D eigenvalue weighted by Gasteiger charge is -2.38. The van der Waals surface area contributed by atoms with E-state index in [1.165, 1.54) is 11.8 Å².